The van der Waals surface area contributed by atoms with Crippen LogP contribution in [-0.2, 0) is 4.79 Å². The molecule has 3 rings (SSSR count). The summed E-state index contributed by atoms with van der Waals surface area (Å²) in [5.41, 5.74) is 1.95. The molecule has 27 heavy (non-hydrogen) atoms. The molecule has 0 saturated heterocycles. The fourth-order valence-corrected chi connectivity index (χ4v) is 3.04. The van der Waals surface area contributed by atoms with Gasteiger partial charge in [-0.3, -0.25) is 20.2 Å². The van der Waals surface area contributed by atoms with E-state index in [4.69, 9.17) is 0 Å². The summed E-state index contributed by atoms with van der Waals surface area (Å²) in [6.45, 7) is 1.81. The van der Waals surface area contributed by atoms with Gasteiger partial charge in [-0.1, -0.05) is 0 Å². The minimum Gasteiger partial charge on any atom is -0.317 e. The van der Waals surface area contributed by atoms with Crippen molar-refractivity contribution in [3.8, 4) is 11.8 Å². The molecule has 0 bridgehead atoms. The molecule has 134 valence electrons. The molecule has 3 aromatic rings. The number of nitro benzene ring substituents is 1. The van der Waals surface area contributed by atoms with Crippen LogP contribution in [-0.4, -0.2) is 20.4 Å². The Kier molecular flexibility index (Phi) is 5.10. The van der Waals surface area contributed by atoms with Crippen LogP contribution in [0.3, 0.4) is 0 Å². The Labute approximate surface area is 158 Å². The molecule has 0 unspecified atom stereocenters. The summed E-state index contributed by atoms with van der Waals surface area (Å²) < 4.78 is 1.72. The summed E-state index contributed by atoms with van der Waals surface area (Å²) in [6.07, 6.45) is 3.20. The number of benzene rings is 1. The van der Waals surface area contributed by atoms with Gasteiger partial charge >= 0.3 is 0 Å². The average Bonchev–Trinajstić information content (AvgIpc) is 3.28. The molecule has 8 nitrogen and oxygen atoms in total. The predicted octanol–water partition coefficient (Wildman–Crippen LogP) is 3.70. The lowest BCUT2D eigenvalue weighted by Crippen LogP contribution is -2.13. The molecular weight excluding hydrogens is 366 g/mol. The number of nitrogens with zero attached hydrogens (tertiary/aromatic N) is 4. The first-order chi connectivity index (χ1) is 13.0. The largest absolute Gasteiger partial charge is 0.317 e. The smallest absolute Gasteiger partial charge is 0.269 e. The third-order valence-corrected chi connectivity index (χ3v) is 4.49. The number of nitriles is 1. The highest BCUT2D eigenvalue weighted by atomic mass is 32.1. The first-order valence-corrected chi connectivity index (χ1v) is 8.63. The van der Waals surface area contributed by atoms with Crippen LogP contribution >= 0.6 is 11.3 Å². The van der Waals surface area contributed by atoms with Crippen molar-refractivity contribution in [1.82, 2.24) is 9.55 Å². The number of carbonyl (C=O) groups is 1. The molecule has 0 fully saturated rings. The van der Waals surface area contributed by atoms with Gasteiger partial charge < -0.3 is 4.57 Å². The van der Waals surface area contributed by atoms with Crippen LogP contribution in [0.2, 0.25) is 0 Å². The first kappa shape index (κ1) is 18.0. The molecule has 0 atom stereocenters. The molecule has 0 aliphatic carbocycles. The van der Waals surface area contributed by atoms with Gasteiger partial charge in [0.1, 0.15) is 11.6 Å². The Morgan fingerprint density at radius 2 is 2.11 bits per heavy atom. The van der Waals surface area contributed by atoms with Crippen LogP contribution in [0.25, 0.3) is 11.8 Å². The van der Waals surface area contributed by atoms with E-state index in [1.54, 1.807) is 40.4 Å². The van der Waals surface area contributed by atoms with Crippen molar-refractivity contribution in [2.75, 3.05) is 5.32 Å². The quantitative estimate of drug-likeness (QED) is 0.314. The summed E-state index contributed by atoms with van der Waals surface area (Å²) in [4.78, 5) is 26.8. The Balaban J connectivity index is 1.87. The second-order valence-corrected chi connectivity index (χ2v) is 6.35. The van der Waals surface area contributed by atoms with Gasteiger partial charge in [-0.2, -0.15) is 5.26 Å². The van der Waals surface area contributed by atoms with E-state index in [9.17, 15) is 20.2 Å². The Morgan fingerprint density at radius 1 is 1.37 bits per heavy atom. The number of thiazole rings is 1. The number of nitrogens with one attached hydrogen (secondary N) is 1. The lowest BCUT2D eigenvalue weighted by molar-refractivity contribution is -0.384. The van der Waals surface area contributed by atoms with Crippen molar-refractivity contribution in [2.24, 2.45) is 0 Å². The van der Waals surface area contributed by atoms with Gasteiger partial charge in [-0.25, -0.2) is 4.98 Å². The minimum absolute atomic E-state index is 0.0150. The zero-order chi connectivity index (χ0) is 19.4. The second kappa shape index (κ2) is 7.63. The van der Waals surface area contributed by atoms with E-state index in [1.807, 2.05) is 13.0 Å². The number of aryl methyl sites for hydroxylation is 1. The van der Waals surface area contributed by atoms with Crippen LogP contribution in [0, 0.1) is 28.4 Å². The molecule has 0 aliphatic heterocycles. The highest BCUT2D eigenvalue weighted by Gasteiger charge is 2.13. The number of hydrogen-bond donors (Lipinski definition) is 1. The number of amides is 1. The van der Waals surface area contributed by atoms with E-state index < -0.39 is 10.8 Å². The topological polar surface area (TPSA) is 114 Å². The summed E-state index contributed by atoms with van der Waals surface area (Å²) >= 11 is 1.28. The zero-order valence-corrected chi connectivity index (χ0v) is 14.9. The second-order valence-electron chi connectivity index (χ2n) is 5.49. The van der Waals surface area contributed by atoms with Crippen LogP contribution in [0.15, 0.2) is 53.5 Å². The molecule has 1 N–H and O–H groups in total. The maximum Gasteiger partial charge on any atom is 0.269 e. The van der Waals surface area contributed by atoms with Crippen molar-refractivity contribution < 1.29 is 9.72 Å². The molecule has 2 aromatic heterocycles. The number of anilines is 1. The average molecular weight is 379 g/mol. The molecular formula is C18H13N5O3S. The lowest BCUT2D eigenvalue weighted by Gasteiger charge is -2.07. The van der Waals surface area contributed by atoms with E-state index in [1.165, 1.54) is 29.5 Å². The van der Waals surface area contributed by atoms with E-state index in [0.717, 1.165) is 5.69 Å². The van der Waals surface area contributed by atoms with Gasteiger partial charge in [-0.05, 0) is 37.3 Å². The van der Waals surface area contributed by atoms with E-state index in [2.05, 4.69) is 10.3 Å². The van der Waals surface area contributed by atoms with Crippen LogP contribution in [0.5, 0.6) is 0 Å². The lowest BCUT2D eigenvalue weighted by atomic mass is 10.2. The summed E-state index contributed by atoms with van der Waals surface area (Å²) in [6, 6.07) is 11.4. The number of aromatic nitrogens is 2. The van der Waals surface area contributed by atoms with Gasteiger partial charge in [0, 0.05) is 35.1 Å². The number of carbonyl (C=O) groups excluding carboxylic acids is 1. The maximum atomic E-state index is 12.3. The summed E-state index contributed by atoms with van der Waals surface area (Å²) in [7, 11) is 0. The molecule has 0 radical (unpaired) electrons. The molecule has 1 aromatic carbocycles. The number of hydrogen-bond acceptors (Lipinski definition) is 6. The Morgan fingerprint density at radius 3 is 2.70 bits per heavy atom. The van der Waals surface area contributed by atoms with Gasteiger partial charge in [0.25, 0.3) is 11.6 Å². The van der Waals surface area contributed by atoms with E-state index >= 15 is 0 Å². The van der Waals surface area contributed by atoms with Crippen molar-refractivity contribution in [3.63, 3.8) is 0 Å². The van der Waals surface area contributed by atoms with Gasteiger partial charge in [0.05, 0.1) is 10.6 Å². The molecule has 0 saturated carbocycles. The highest BCUT2D eigenvalue weighted by Crippen LogP contribution is 2.20. The third kappa shape index (κ3) is 4.08. The van der Waals surface area contributed by atoms with E-state index in [0.29, 0.717) is 16.5 Å². The molecule has 0 spiro atoms. The van der Waals surface area contributed by atoms with Crippen molar-refractivity contribution >= 4 is 34.1 Å². The normalized spacial score (nSPS) is 11.0. The number of rotatable bonds is 5. The third-order valence-electron chi connectivity index (χ3n) is 3.62. The van der Waals surface area contributed by atoms with Crippen LogP contribution < -0.4 is 5.32 Å². The zero-order valence-electron chi connectivity index (χ0n) is 14.1. The molecule has 0 aliphatic rings. The van der Waals surface area contributed by atoms with Crippen LogP contribution in [0.1, 0.15) is 11.4 Å². The minimum atomic E-state index is -0.553. The number of nitro groups is 1. The van der Waals surface area contributed by atoms with Gasteiger partial charge in [-0.15, -0.1) is 11.3 Å². The van der Waals surface area contributed by atoms with Crippen molar-refractivity contribution in [3.05, 3.63) is 75.1 Å². The molecule has 1 amide bonds. The van der Waals surface area contributed by atoms with Crippen LogP contribution in [0.4, 0.5) is 10.8 Å². The fourth-order valence-electron chi connectivity index (χ4n) is 2.35. The van der Waals surface area contributed by atoms with Gasteiger partial charge in [0.2, 0.25) is 0 Å². The fraction of sp³-hybridized carbons (Fsp3) is 0.0556. The Hall–Kier alpha value is -3.77. The standard InChI is InChI=1S/C18H13N5O3S/c1-12-11-27-18(20-12)21-17(24)13(10-19)9-16-3-2-8-22(16)14-4-6-15(7-5-14)23(25)26/h2-9,11H,1H3,(H,20,21,24)/b13-9-. The van der Waals surface area contributed by atoms with E-state index in [-0.39, 0.29) is 11.3 Å². The van der Waals surface area contributed by atoms with Crippen molar-refractivity contribution in [2.45, 2.75) is 6.92 Å². The van der Waals surface area contributed by atoms with Crippen molar-refractivity contribution in [1.29, 1.82) is 5.26 Å². The summed E-state index contributed by atoms with van der Waals surface area (Å²) in [5.74, 6) is -0.553. The highest BCUT2D eigenvalue weighted by molar-refractivity contribution is 7.13. The Bertz CT molecular complexity index is 1070. The predicted molar refractivity (Wildman–Crippen MR) is 101 cm³/mol. The maximum absolute atomic E-state index is 12.3. The molecule has 2 heterocycles. The summed E-state index contributed by atoms with van der Waals surface area (Å²) in [5, 5.41) is 25.0. The van der Waals surface area contributed by atoms with Gasteiger partial charge in [0.15, 0.2) is 5.13 Å². The monoisotopic (exact) mass is 379 g/mol. The number of non-ortho nitro benzene ring substituents is 1. The SMILES string of the molecule is Cc1csc(NC(=O)/C(C#N)=C\c2cccn2-c2ccc([N+](=O)[O-])cc2)n1. The molecule has 9 heteroatoms. The first-order valence-electron chi connectivity index (χ1n) is 7.75.